The summed E-state index contributed by atoms with van der Waals surface area (Å²) in [6.07, 6.45) is 1.37. The summed E-state index contributed by atoms with van der Waals surface area (Å²) in [6, 6.07) is 1.67. The molecule has 1 aromatic heterocycles. The van der Waals surface area contributed by atoms with E-state index in [-0.39, 0.29) is 6.54 Å². The molecule has 6 nitrogen and oxygen atoms in total. The molecule has 0 aliphatic rings. The molecule has 0 aromatic carbocycles. The molecule has 0 fully saturated rings. The van der Waals surface area contributed by atoms with Crippen molar-refractivity contribution in [2.75, 3.05) is 18.5 Å². The lowest BCUT2D eigenvalue weighted by Crippen LogP contribution is -2.13. The van der Waals surface area contributed by atoms with Gasteiger partial charge in [0, 0.05) is 12.7 Å². The second-order valence-corrected chi connectivity index (χ2v) is 2.78. The number of hydrogen-bond acceptors (Lipinski definition) is 5. The number of carbonyl (C=O) groups is 1. The molecule has 0 saturated carbocycles. The molecule has 1 rings (SSSR count). The van der Waals surface area contributed by atoms with Gasteiger partial charge in [-0.3, -0.25) is 4.79 Å². The minimum absolute atomic E-state index is 0.162. The van der Waals surface area contributed by atoms with Gasteiger partial charge in [0.15, 0.2) is 0 Å². The van der Waals surface area contributed by atoms with Gasteiger partial charge >= 0.3 is 5.97 Å². The van der Waals surface area contributed by atoms with Gasteiger partial charge in [0.1, 0.15) is 18.7 Å². The van der Waals surface area contributed by atoms with Crippen LogP contribution in [0, 0.1) is 0 Å². The molecule has 0 atom stereocenters. The number of aliphatic carboxylic acids is 1. The van der Waals surface area contributed by atoms with Crippen LogP contribution in [0.25, 0.3) is 0 Å². The third-order valence-corrected chi connectivity index (χ3v) is 1.60. The molecule has 0 radical (unpaired) electrons. The molecule has 15 heavy (non-hydrogen) atoms. The quantitative estimate of drug-likeness (QED) is 0.713. The van der Waals surface area contributed by atoms with Gasteiger partial charge < -0.3 is 15.2 Å². The highest BCUT2D eigenvalue weighted by molar-refractivity contribution is 5.72. The molecule has 0 aliphatic carbocycles. The maximum Gasteiger partial charge on any atom is 0.322 e. The number of aromatic nitrogens is 2. The molecule has 1 aromatic rings. The van der Waals surface area contributed by atoms with Crippen LogP contribution in [0.5, 0.6) is 0 Å². The Balaban J connectivity index is 2.53. The first-order chi connectivity index (χ1) is 7.22. The minimum Gasteiger partial charge on any atom is -0.480 e. The van der Waals surface area contributed by atoms with Crippen LogP contribution in [0.1, 0.15) is 12.6 Å². The summed E-state index contributed by atoms with van der Waals surface area (Å²) < 4.78 is 5.17. The van der Waals surface area contributed by atoms with Crippen LogP contribution in [0.2, 0.25) is 0 Å². The molecule has 82 valence electrons. The summed E-state index contributed by atoms with van der Waals surface area (Å²) in [5, 5.41) is 11.1. The van der Waals surface area contributed by atoms with E-state index in [0.717, 1.165) is 5.69 Å². The van der Waals surface area contributed by atoms with Crippen LogP contribution < -0.4 is 5.32 Å². The lowest BCUT2D eigenvalue weighted by Gasteiger charge is -2.04. The molecule has 0 spiro atoms. The SMILES string of the molecule is CCOCc1cc(NCC(=O)O)ncn1. The van der Waals surface area contributed by atoms with Crippen LogP contribution in [0.4, 0.5) is 5.82 Å². The minimum atomic E-state index is -0.931. The Morgan fingerprint density at radius 2 is 2.40 bits per heavy atom. The van der Waals surface area contributed by atoms with Gasteiger partial charge in [-0.1, -0.05) is 0 Å². The molecule has 1 heterocycles. The van der Waals surface area contributed by atoms with E-state index in [2.05, 4.69) is 15.3 Å². The zero-order chi connectivity index (χ0) is 11.1. The number of anilines is 1. The molecular formula is C9H13N3O3. The van der Waals surface area contributed by atoms with Crippen LogP contribution in [0.15, 0.2) is 12.4 Å². The number of carboxylic acid groups (broad SMARTS) is 1. The Morgan fingerprint density at radius 1 is 1.60 bits per heavy atom. The predicted octanol–water partition coefficient (Wildman–Crippen LogP) is 0.510. The van der Waals surface area contributed by atoms with Gasteiger partial charge in [0.25, 0.3) is 0 Å². The van der Waals surface area contributed by atoms with E-state index < -0.39 is 5.97 Å². The lowest BCUT2D eigenvalue weighted by molar-refractivity contribution is -0.134. The van der Waals surface area contributed by atoms with Gasteiger partial charge in [-0.05, 0) is 6.92 Å². The van der Waals surface area contributed by atoms with Crippen molar-refractivity contribution in [1.29, 1.82) is 0 Å². The Morgan fingerprint density at radius 3 is 3.07 bits per heavy atom. The highest BCUT2D eigenvalue weighted by Gasteiger charge is 2.00. The van der Waals surface area contributed by atoms with Crippen molar-refractivity contribution in [3.63, 3.8) is 0 Å². The maximum atomic E-state index is 10.3. The Hall–Kier alpha value is -1.69. The smallest absolute Gasteiger partial charge is 0.322 e. The number of rotatable bonds is 6. The largest absolute Gasteiger partial charge is 0.480 e. The second kappa shape index (κ2) is 5.92. The van der Waals surface area contributed by atoms with Gasteiger partial charge in [-0.15, -0.1) is 0 Å². The Labute approximate surface area is 87.3 Å². The van der Waals surface area contributed by atoms with Crippen LogP contribution >= 0.6 is 0 Å². The predicted molar refractivity (Wildman–Crippen MR) is 53.5 cm³/mol. The van der Waals surface area contributed by atoms with E-state index in [1.807, 2.05) is 6.92 Å². The van der Waals surface area contributed by atoms with Gasteiger partial charge in [0.2, 0.25) is 0 Å². The summed E-state index contributed by atoms with van der Waals surface area (Å²) in [5.74, 6) is -0.443. The summed E-state index contributed by atoms with van der Waals surface area (Å²) in [6.45, 7) is 2.75. The van der Waals surface area contributed by atoms with Crippen molar-refractivity contribution in [3.8, 4) is 0 Å². The van der Waals surface area contributed by atoms with Crippen molar-refractivity contribution in [2.24, 2.45) is 0 Å². The average Bonchev–Trinajstić information content (AvgIpc) is 2.24. The number of nitrogens with zero attached hydrogens (tertiary/aromatic N) is 2. The van der Waals surface area contributed by atoms with Crippen molar-refractivity contribution < 1.29 is 14.6 Å². The summed E-state index contributed by atoms with van der Waals surface area (Å²) in [5.41, 5.74) is 0.722. The Bertz CT molecular complexity index is 330. The molecule has 0 amide bonds. The maximum absolute atomic E-state index is 10.3. The third kappa shape index (κ3) is 4.37. The summed E-state index contributed by atoms with van der Waals surface area (Å²) in [4.78, 5) is 18.2. The van der Waals surface area contributed by atoms with E-state index >= 15 is 0 Å². The van der Waals surface area contributed by atoms with E-state index in [0.29, 0.717) is 19.0 Å². The first kappa shape index (κ1) is 11.4. The van der Waals surface area contributed by atoms with E-state index in [1.54, 1.807) is 6.07 Å². The molecule has 0 unspecified atom stereocenters. The zero-order valence-electron chi connectivity index (χ0n) is 8.43. The van der Waals surface area contributed by atoms with E-state index in [4.69, 9.17) is 9.84 Å². The topological polar surface area (TPSA) is 84.3 Å². The monoisotopic (exact) mass is 211 g/mol. The van der Waals surface area contributed by atoms with Crippen molar-refractivity contribution in [1.82, 2.24) is 9.97 Å². The fourth-order valence-corrected chi connectivity index (χ4v) is 0.946. The number of carboxylic acids is 1. The number of ether oxygens (including phenoxy) is 1. The first-order valence-corrected chi connectivity index (χ1v) is 4.56. The fraction of sp³-hybridized carbons (Fsp3) is 0.444. The van der Waals surface area contributed by atoms with Crippen LogP contribution in [-0.2, 0) is 16.1 Å². The number of nitrogens with one attached hydrogen (secondary N) is 1. The van der Waals surface area contributed by atoms with Gasteiger partial charge in [-0.2, -0.15) is 0 Å². The highest BCUT2D eigenvalue weighted by atomic mass is 16.5. The molecule has 0 aliphatic heterocycles. The molecular weight excluding hydrogens is 198 g/mol. The normalized spacial score (nSPS) is 9.93. The fourth-order valence-electron chi connectivity index (χ4n) is 0.946. The van der Waals surface area contributed by atoms with E-state index in [1.165, 1.54) is 6.33 Å². The molecule has 6 heteroatoms. The van der Waals surface area contributed by atoms with Crippen LogP contribution in [0.3, 0.4) is 0 Å². The molecule has 0 bridgehead atoms. The second-order valence-electron chi connectivity index (χ2n) is 2.78. The van der Waals surface area contributed by atoms with Crippen LogP contribution in [-0.4, -0.2) is 34.2 Å². The van der Waals surface area contributed by atoms with Gasteiger partial charge in [0.05, 0.1) is 12.3 Å². The zero-order valence-corrected chi connectivity index (χ0v) is 8.43. The molecule has 2 N–H and O–H groups in total. The third-order valence-electron chi connectivity index (χ3n) is 1.60. The molecule has 0 saturated heterocycles. The number of hydrogen-bond donors (Lipinski definition) is 2. The van der Waals surface area contributed by atoms with Crippen molar-refractivity contribution in [3.05, 3.63) is 18.1 Å². The summed E-state index contributed by atoms with van der Waals surface area (Å²) in [7, 11) is 0. The van der Waals surface area contributed by atoms with Crippen molar-refractivity contribution >= 4 is 11.8 Å². The van der Waals surface area contributed by atoms with Gasteiger partial charge in [-0.25, -0.2) is 9.97 Å². The van der Waals surface area contributed by atoms with E-state index in [9.17, 15) is 4.79 Å². The Kier molecular flexibility index (Phi) is 4.49. The lowest BCUT2D eigenvalue weighted by atomic mass is 10.4. The first-order valence-electron chi connectivity index (χ1n) is 4.56. The highest BCUT2D eigenvalue weighted by Crippen LogP contribution is 2.04. The standard InChI is InChI=1S/C9H13N3O3/c1-2-15-5-7-3-8(12-6-11-7)10-4-9(13)14/h3,6H,2,4-5H2,1H3,(H,13,14)(H,10,11,12). The van der Waals surface area contributed by atoms with Crippen molar-refractivity contribution in [2.45, 2.75) is 13.5 Å². The summed E-state index contributed by atoms with van der Waals surface area (Å²) >= 11 is 0. The average molecular weight is 211 g/mol.